The monoisotopic (exact) mass is 579 g/mol. The van der Waals surface area contributed by atoms with Gasteiger partial charge in [0, 0.05) is 37.1 Å². The van der Waals surface area contributed by atoms with Crippen molar-refractivity contribution in [2.75, 3.05) is 13.1 Å². The number of aliphatic carboxylic acids is 1. The molecular weight excluding hydrogens is 550 g/mol. The average Bonchev–Trinajstić information content (AvgIpc) is 3.49. The molecule has 0 fully saturated rings. The maximum Gasteiger partial charge on any atom is 0.326 e. The third-order valence-corrected chi connectivity index (χ3v) is 8.38. The topological polar surface area (TPSA) is 133 Å². The fraction of sp³-hybridized carbons (Fsp3) is 0.276. The van der Waals surface area contributed by atoms with Gasteiger partial charge in [0.2, 0.25) is 11.8 Å². The summed E-state index contributed by atoms with van der Waals surface area (Å²) in [7, 11) is 0. The Morgan fingerprint density at radius 3 is 1.82 bits per heavy atom. The van der Waals surface area contributed by atoms with E-state index >= 15 is 0 Å². The van der Waals surface area contributed by atoms with Crippen molar-refractivity contribution in [2.24, 2.45) is 0 Å². The van der Waals surface area contributed by atoms with Crippen LogP contribution in [0.15, 0.2) is 42.5 Å². The van der Waals surface area contributed by atoms with E-state index in [1.165, 1.54) is 22.7 Å². The number of aryl methyl sites for hydroxylation is 4. The summed E-state index contributed by atoms with van der Waals surface area (Å²) in [5, 5.41) is 14.3. The van der Waals surface area contributed by atoms with E-state index in [4.69, 9.17) is 0 Å². The fourth-order valence-corrected chi connectivity index (χ4v) is 6.51. The number of thiophene rings is 2. The zero-order chi connectivity index (χ0) is 29.1. The van der Waals surface area contributed by atoms with Gasteiger partial charge in [0.05, 0.1) is 17.7 Å². The Morgan fingerprint density at radius 1 is 0.850 bits per heavy atom. The number of hydrogen-bond acceptors (Lipinski definition) is 7. The van der Waals surface area contributed by atoms with E-state index in [0.717, 1.165) is 30.0 Å². The van der Waals surface area contributed by atoms with Crippen molar-refractivity contribution in [2.45, 2.75) is 40.2 Å². The third-order valence-electron chi connectivity index (χ3n) is 6.45. The van der Waals surface area contributed by atoms with Crippen molar-refractivity contribution in [1.29, 1.82) is 0 Å². The van der Waals surface area contributed by atoms with Crippen LogP contribution in [0, 0.1) is 27.7 Å². The molecule has 0 aliphatic carbocycles. The zero-order valence-electron chi connectivity index (χ0n) is 22.5. The highest BCUT2D eigenvalue weighted by atomic mass is 32.1. The molecule has 3 heterocycles. The number of imide groups is 1. The van der Waals surface area contributed by atoms with Gasteiger partial charge >= 0.3 is 5.97 Å². The van der Waals surface area contributed by atoms with Gasteiger partial charge in [-0.1, -0.05) is 30.3 Å². The summed E-state index contributed by atoms with van der Waals surface area (Å²) in [5.41, 5.74) is 2.60. The minimum Gasteiger partial charge on any atom is -0.480 e. The number of nitrogens with one attached hydrogen (secondary N) is 2. The molecule has 3 N–H and O–H groups in total. The number of carbonyl (C=O) groups is 5. The van der Waals surface area contributed by atoms with Gasteiger partial charge in [0.25, 0.3) is 11.8 Å². The van der Waals surface area contributed by atoms with E-state index in [2.05, 4.69) is 10.6 Å². The first-order chi connectivity index (χ1) is 19.0. The highest BCUT2D eigenvalue weighted by Gasteiger charge is 2.42. The van der Waals surface area contributed by atoms with Gasteiger partial charge in [0.1, 0.15) is 12.6 Å². The van der Waals surface area contributed by atoms with Crippen LogP contribution >= 0.6 is 22.7 Å². The van der Waals surface area contributed by atoms with Crippen LogP contribution in [0.25, 0.3) is 11.1 Å². The Bertz CT molecular complexity index is 1470. The lowest BCUT2D eigenvalue weighted by molar-refractivity contribution is -0.142. The maximum absolute atomic E-state index is 13.6. The third kappa shape index (κ3) is 6.21. The van der Waals surface area contributed by atoms with E-state index in [1.807, 2.05) is 39.8 Å². The second kappa shape index (κ2) is 12.0. The smallest absolute Gasteiger partial charge is 0.326 e. The van der Waals surface area contributed by atoms with Crippen molar-refractivity contribution in [3.05, 3.63) is 78.7 Å². The molecule has 1 aromatic carbocycles. The van der Waals surface area contributed by atoms with E-state index in [0.29, 0.717) is 11.1 Å². The van der Waals surface area contributed by atoms with Crippen LogP contribution in [-0.4, -0.2) is 58.7 Å². The minimum atomic E-state index is -1.21. The van der Waals surface area contributed by atoms with Crippen molar-refractivity contribution in [3.63, 3.8) is 0 Å². The first kappa shape index (κ1) is 28.9. The zero-order valence-corrected chi connectivity index (χ0v) is 24.1. The molecule has 40 heavy (non-hydrogen) atoms. The highest BCUT2D eigenvalue weighted by Crippen LogP contribution is 2.41. The molecule has 2 aromatic heterocycles. The van der Waals surface area contributed by atoms with Gasteiger partial charge in [-0.2, -0.15) is 0 Å². The molecular formula is C29H29N3O6S2. The molecule has 0 radical (unpaired) electrons. The molecule has 4 rings (SSSR count). The molecule has 9 nitrogen and oxygen atoms in total. The molecule has 11 heteroatoms. The summed E-state index contributed by atoms with van der Waals surface area (Å²) in [6.45, 7) is 6.54. The van der Waals surface area contributed by atoms with Crippen molar-refractivity contribution in [3.8, 4) is 0 Å². The predicted octanol–water partition coefficient (Wildman–Crippen LogP) is 3.25. The molecule has 0 saturated carbocycles. The summed E-state index contributed by atoms with van der Waals surface area (Å²) >= 11 is 3.04. The molecule has 208 valence electrons. The standard InChI is InChI=1S/C29H29N3O6S2/c1-15-10-20(17(3)39-15)25-26(21-11-16(2)40-18(21)4)28(36)32(27(25)35)14-24(34)30-13-23(33)31-22(29(37)38)12-19-8-6-5-7-9-19/h5-11,22H,12-14H2,1-4H3,(H,30,34)(H,31,33)(H,37,38)/t22-/m0/s1. The van der Waals surface area contributed by atoms with Gasteiger partial charge in [-0.25, -0.2) is 4.79 Å². The summed E-state index contributed by atoms with van der Waals surface area (Å²) in [4.78, 5) is 68.7. The average molecular weight is 580 g/mol. The summed E-state index contributed by atoms with van der Waals surface area (Å²) in [5.74, 6) is -3.77. The number of carbonyl (C=O) groups excluding carboxylic acids is 4. The molecule has 0 saturated heterocycles. The molecule has 1 aliphatic heterocycles. The van der Waals surface area contributed by atoms with Crippen LogP contribution in [0.1, 0.15) is 36.2 Å². The SMILES string of the molecule is Cc1cc(C2=C(c3cc(C)sc3C)C(=O)N(CC(=O)NCC(=O)N[C@@H](Cc3ccccc3)C(=O)O)C2=O)c(C)s1. The number of nitrogens with zero attached hydrogens (tertiary/aromatic N) is 1. The lowest BCUT2D eigenvalue weighted by Crippen LogP contribution is -2.48. The number of hydrogen-bond donors (Lipinski definition) is 3. The molecule has 1 atom stereocenters. The molecule has 3 aromatic rings. The number of rotatable bonds is 10. The van der Waals surface area contributed by atoms with Gasteiger partial charge in [-0.15, -0.1) is 22.7 Å². The number of amides is 4. The quantitative estimate of drug-likeness (QED) is 0.316. The van der Waals surface area contributed by atoms with Gasteiger partial charge in [-0.05, 0) is 45.4 Å². The van der Waals surface area contributed by atoms with Gasteiger partial charge in [0.15, 0.2) is 0 Å². The normalized spacial score (nSPS) is 14.1. The minimum absolute atomic E-state index is 0.0762. The Balaban J connectivity index is 1.46. The largest absolute Gasteiger partial charge is 0.480 e. The lowest BCUT2D eigenvalue weighted by Gasteiger charge is -2.17. The molecule has 0 spiro atoms. The van der Waals surface area contributed by atoms with Crippen LogP contribution in [-0.2, 0) is 30.4 Å². The second-order valence-corrected chi connectivity index (χ2v) is 12.4. The number of benzene rings is 1. The van der Waals surface area contributed by atoms with E-state index in [-0.39, 0.29) is 17.6 Å². The number of carboxylic acids is 1. The van der Waals surface area contributed by atoms with E-state index < -0.39 is 48.7 Å². The van der Waals surface area contributed by atoms with Gasteiger partial charge < -0.3 is 15.7 Å². The Labute approximate surface area is 239 Å². The molecule has 0 unspecified atom stereocenters. The Morgan fingerprint density at radius 2 is 1.38 bits per heavy atom. The maximum atomic E-state index is 13.6. The Hall–Kier alpha value is -4.09. The van der Waals surface area contributed by atoms with Crippen LogP contribution in [0.5, 0.6) is 0 Å². The second-order valence-electron chi connectivity index (χ2n) is 9.53. The highest BCUT2D eigenvalue weighted by molar-refractivity contribution is 7.12. The molecule has 4 amide bonds. The lowest BCUT2D eigenvalue weighted by atomic mass is 9.97. The molecule has 0 bridgehead atoms. The van der Waals surface area contributed by atoms with Gasteiger partial charge in [-0.3, -0.25) is 24.1 Å². The Kier molecular flexibility index (Phi) is 8.65. The van der Waals surface area contributed by atoms with E-state index in [9.17, 15) is 29.1 Å². The van der Waals surface area contributed by atoms with Crippen LogP contribution in [0.3, 0.4) is 0 Å². The van der Waals surface area contributed by atoms with Crippen molar-refractivity contribution < 1.29 is 29.1 Å². The summed E-state index contributed by atoms with van der Waals surface area (Å²) in [6, 6.07) is 11.4. The number of carboxylic acid groups (broad SMARTS) is 1. The van der Waals surface area contributed by atoms with Crippen LogP contribution in [0.2, 0.25) is 0 Å². The van der Waals surface area contributed by atoms with Crippen molar-refractivity contribution >= 4 is 63.4 Å². The summed E-state index contributed by atoms with van der Waals surface area (Å²) in [6.07, 6.45) is 0.0762. The first-order valence-electron chi connectivity index (χ1n) is 12.5. The summed E-state index contributed by atoms with van der Waals surface area (Å²) < 4.78 is 0. The predicted molar refractivity (Wildman–Crippen MR) is 154 cm³/mol. The van der Waals surface area contributed by atoms with Crippen molar-refractivity contribution in [1.82, 2.24) is 15.5 Å². The molecule has 1 aliphatic rings. The fourth-order valence-electron chi connectivity index (χ4n) is 4.65. The van der Waals surface area contributed by atoms with E-state index in [1.54, 1.807) is 30.3 Å². The van der Waals surface area contributed by atoms with Crippen LogP contribution < -0.4 is 10.6 Å². The van der Waals surface area contributed by atoms with Crippen LogP contribution in [0.4, 0.5) is 0 Å². The first-order valence-corrected chi connectivity index (χ1v) is 14.2.